The number of ether oxygens (including phenoxy) is 2. The lowest BCUT2D eigenvalue weighted by molar-refractivity contribution is -0.119. The number of amides is 1. The third kappa shape index (κ3) is 3.97. The number of fused-ring (bicyclic) bond motifs is 2. The minimum atomic E-state index is -0.546. The van der Waals surface area contributed by atoms with Crippen LogP contribution >= 0.6 is 23.2 Å². The van der Waals surface area contributed by atoms with Crippen molar-refractivity contribution in [2.75, 3.05) is 12.0 Å². The average Bonchev–Trinajstić information content (AvgIpc) is 3.89. The van der Waals surface area contributed by atoms with E-state index < -0.39 is 11.4 Å². The Kier molecular flexibility index (Phi) is 5.87. The molecule has 4 aromatic rings. The number of pyridine rings is 1. The average molecular weight is 576 g/mol. The Morgan fingerprint density at radius 1 is 1.10 bits per heavy atom. The number of halogens is 2. The molecule has 7 rings (SSSR count). The highest BCUT2D eigenvalue weighted by Crippen LogP contribution is 2.59. The fourth-order valence-electron chi connectivity index (χ4n) is 5.47. The molecular formula is C30H23Cl2N3O5. The Balaban J connectivity index is 1.20. The summed E-state index contributed by atoms with van der Waals surface area (Å²) >= 11 is 12.9. The van der Waals surface area contributed by atoms with Crippen molar-refractivity contribution in [2.45, 2.75) is 43.6 Å². The van der Waals surface area contributed by atoms with Gasteiger partial charge in [0.05, 0.1) is 39.4 Å². The van der Waals surface area contributed by atoms with E-state index in [0.717, 1.165) is 48.3 Å². The van der Waals surface area contributed by atoms with Crippen molar-refractivity contribution in [3.05, 3.63) is 87.4 Å². The van der Waals surface area contributed by atoms with E-state index in [1.165, 1.54) is 19.5 Å². The van der Waals surface area contributed by atoms with Gasteiger partial charge in [-0.2, -0.15) is 0 Å². The molecule has 3 aliphatic rings. The first-order valence-electron chi connectivity index (χ1n) is 13.0. The highest BCUT2D eigenvalue weighted by Gasteiger charge is 2.59. The lowest BCUT2D eigenvalue weighted by Gasteiger charge is -2.18. The Morgan fingerprint density at radius 3 is 2.48 bits per heavy atom. The minimum absolute atomic E-state index is 0.0322. The van der Waals surface area contributed by atoms with E-state index in [4.69, 9.17) is 37.2 Å². The van der Waals surface area contributed by atoms with Crippen LogP contribution in [0.3, 0.4) is 0 Å². The maximum Gasteiger partial charge on any atom is 0.337 e. The van der Waals surface area contributed by atoms with Gasteiger partial charge in [-0.25, -0.2) is 4.79 Å². The van der Waals surface area contributed by atoms with Crippen molar-refractivity contribution in [3.63, 3.8) is 0 Å². The fourth-order valence-corrected chi connectivity index (χ4v) is 6.01. The van der Waals surface area contributed by atoms with Crippen LogP contribution in [0.25, 0.3) is 11.3 Å². The van der Waals surface area contributed by atoms with Gasteiger partial charge >= 0.3 is 5.97 Å². The van der Waals surface area contributed by atoms with Crippen LogP contribution in [0.5, 0.6) is 5.75 Å². The summed E-state index contributed by atoms with van der Waals surface area (Å²) in [5.74, 6) is 1.34. The quantitative estimate of drug-likeness (QED) is 0.219. The third-order valence-corrected chi connectivity index (χ3v) is 8.45. The highest BCUT2D eigenvalue weighted by molar-refractivity contribution is 6.38. The summed E-state index contributed by atoms with van der Waals surface area (Å²) in [6.07, 6.45) is 6.67. The van der Waals surface area contributed by atoms with E-state index in [1.807, 2.05) is 18.2 Å². The second kappa shape index (κ2) is 9.35. The number of anilines is 2. The Labute approximate surface area is 239 Å². The molecule has 0 saturated heterocycles. The molecule has 0 radical (unpaired) electrons. The normalized spacial score (nSPS) is 16.8. The summed E-state index contributed by atoms with van der Waals surface area (Å²) in [5, 5.41) is 5.09. The van der Waals surface area contributed by atoms with Crippen LogP contribution in [0.2, 0.25) is 10.0 Å². The zero-order chi connectivity index (χ0) is 27.6. The molecule has 1 spiro atoms. The number of nitrogens with zero attached hydrogens (tertiary/aromatic N) is 3. The number of carbonyl (C=O) groups excluding carboxylic acids is 2. The van der Waals surface area contributed by atoms with Crippen LogP contribution in [0.15, 0.2) is 59.4 Å². The van der Waals surface area contributed by atoms with Gasteiger partial charge in [-0.3, -0.25) is 14.7 Å². The molecule has 10 heteroatoms. The summed E-state index contributed by atoms with van der Waals surface area (Å²) < 4.78 is 16.8. The summed E-state index contributed by atoms with van der Waals surface area (Å²) in [7, 11) is 1.34. The molecule has 2 aromatic heterocycles. The lowest BCUT2D eigenvalue weighted by Crippen LogP contribution is -2.27. The monoisotopic (exact) mass is 575 g/mol. The van der Waals surface area contributed by atoms with Gasteiger partial charge in [0.2, 0.25) is 5.91 Å². The zero-order valence-electron chi connectivity index (χ0n) is 21.4. The van der Waals surface area contributed by atoms with E-state index in [0.29, 0.717) is 44.2 Å². The number of carbonyl (C=O) groups is 2. The second-order valence-corrected chi connectivity index (χ2v) is 11.2. The van der Waals surface area contributed by atoms with Gasteiger partial charge < -0.3 is 14.0 Å². The number of hydrogen-bond donors (Lipinski definition) is 0. The fraction of sp³-hybridized carbons (Fsp3) is 0.267. The van der Waals surface area contributed by atoms with Gasteiger partial charge in [0, 0.05) is 29.6 Å². The predicted molar refractivity (Wildman–Crippen MR) is 148 cm³/mol. The van der Waals surface area contributed by atoms with Crippen molar-refractivity contribution >= 4 is 46.5 Å². The van der Waals surface area contributed by atoms with E-state index in [-0.39, 0.29) is 12.5 Å². The van der Waals surface area contributed by atoms with Gasteiger partial charge in [0.1, 0.15) is 23.8 Å². The summed E-state index contributed by atoms with van der Waals surface area (Å²) in [6.45, 7) is 0.206. The number of esters is 1. The molecule has 202 valence electrons. The van der Waals surface area contributed by atoms with Crippen molar-refractivity contribution in [2.24, 2.45) is 0 Å². The first-order valence-corrected chi connectivity index (χ1v) is 13.7. The van der Waals surface area contributed by atoms with E-state index in [9.17, 15) is 9.59 Å². The van der Waals surface area contributed by atoms with Gasteiger partial charge in [0.15, 0.2) is 0 Å². The van der Waals surface area contributed by atoms with Gasteiger partial charge in [-0.1, -0.05) is 28.4 Å². The van der Waals surface area contributed by atoms with E-state index in [2.05, 4.69) is 10.1 Å². The van der Waals surface area contributed by atoms with Crippen LogP contribution in [0.1, 0.15) is 58.8 Å². The van der Waals surface area contributed by atoms with Crippen molar-refractivity contribution < 1.29 is 23.6 Å². The van der Waals surface area contributed by atoms with Crippen LogP contribution in [-0.4, -0.2) is 29.1 Å². The predicted octanol–water partition coefficient (Wildman–Crippen LogP) is 7.00. The van der Waals surface area contributed by atoms with Crippen LogP contribution in [-0.2, 0) is 21.6 Å². The molecule has 2 saturated carbocycles. The summed E-state index contributed by atoms with van der Waals surface area (Å²) in [5.41, 5.74) is 4.27. The Bertz CT molecular complexity index is 1660. The van der Waals surface area contributed by atoms with Gasteiger partial charge in [0.25, 0.3) is 0 Å². The lowest BCUT2D eigenvalue weighted by atomic mass is 9.98. The Hall–Kier alpha value is -3.88. The molecular weight excluding hydrogens is 553 g/mol. The number of methoxy groups -OCH3 is 1. The SMILES string of the molecule is COC(=O)c1ccc(N2C(=O)C3(CC3)c3cc(OCc4c(-c5c(Cl)cncc5Cl)noc4C4CC4)ccc32)cc1. The molecule has 0 N–H and O–H groups in total. The van der Waals surface area contributed by atoms with Crippen LogP contribution in [0, 0.1) is 0 Å². The topological polar surface area (TPSA) is 94.8 Å². The molecule has 2 aromatic carbocycles. The number of rotatable bonds is 7. The van der Waals surface area contributed by atoms with Crippen molar-refractivity contribution in [1.29, 1.82) is 0 Å². The van der Waals surface area contributed by atoms with Crippen molar-refractivity contribution in [3.8, 4) is 17.0 Å². The summed E-state index contributed by atoms with van der Waals surface area (Å²) in [6, 6.07) is 12.6. The van der Waals surface area contributed by atoms with E-state index in [1.54, 1.807) is 29.2 Å². The van der Waals surface area contributed by atoms with E-state index >= 15 is 0 Å². The smallest absolute Gasteiger partial charge is 0.337 e. The molecule has 0 unspecified atom stereocenters. The van der Waals surface area contributed by atoms with Gasteiger partial charge in [-0.15, -0.1) is 0 Å². The highest BCUT2D eigenvalue weighted by atomic mass is 35.5. The molecule has 0 bridgehead atoms. The maximum atomic E-state index is 13.6. The molecule has 2 fully saturated rings. The molecule has 0 atom stereocenters. The first-order chi connectivity index (χ1) is 19.4. The molecule has 2 aliphatic carbocycles. The Morgan fingerprint density at radius 2 is 1.82 bits per heavy atom. The number of benzene rings is 2. The van der Waals surface area contributed by atoms with Gasteiger partial charge in [-0.05, 0) is 73.7 Å². The van der Waals surface area contributed by atoms with Crippen LogP contribution < -0.4 is 9.64 Å². The largest absolute Gasteiger partial charge is 0.489 e. The second-order valence-electron chi connectivity index (χ2n) is 10.4. The zero-order valence-corrected chi connectivity index (χ0v) is 23.0. The number of aromatic nitrogens is 2. The first kappa shape index (κ1) is 25.1. The minimum Gasteiger partial charge on any atom is -0.489 e. The molecule has 3 heterocycles. The summed E-state index contributed by atoms with van der Waals surface area (Å²) in [4.78, 5) is 31.2. The maximum absolute atomic E-state index is 13.6. The standard InChI is InChI=1S/C30H23Cl2N3O5/c1-38-28(36)17-4-6-18(7-5-17)35-24-9-8-19(12-21(24)30(10-11-30)29(35)37)39-15-20-26(34-40-27(20)16-2-3-16)25-22(31)13-33-14-23(25)32/h4-9,12-14,16H,2-3,10-11,15H2,1H3. The third-order valence-electron chi connectivity index (χ3n) is 7.87. The molecule has 1 amide bonds. The molecule has 8 nitrogen and oxygen atoms in total. The number of hydrogen-bond acceptors (Lipinski definition) is 7. The molecule has 40 heavy (non-hydrogen) atoms. The van der Waals surface area contributed by atoms with Crippen LogP contribution in [0.4, 0.5) is 11.4 Å². The van der Waals surface area contributed by atoms with Crippen molar-refractivity contribution in [1.82, 2.24) is 10.1 Å². The molecule has 1 aliphatic heterocycles.